The van der Waals surface area contributed by atoms with Crippen LogP contribution in [0.4, 0.5) is 5.82 Å². The van der Waals surface area contributed by atoms with Crippen LogP contribution in [0.1, 0.15) is 34.6 Å². The lowest BCUT2D eigenvalue weighted by molar-refractivity contribution is 0.0937. The summed E-state index contributed by atoms with van der Waals surface area (Å²) in [6.45, 7) is 2.06. The van der Waals surface area contributed by atoms with Crippen LogP contribution in [0.25, 0.3) is 0 Å². The number of thiophene rings is 1. The number of pyridine rings is 1. The van der Waals surface area contributed by atoms with Crippen molar-refractivity contribution in [3.63, 3.8) is 0 Å². The standard InChI is InChI=1S/C14H17N3OS/c1-3-11(12-7-5-9-19-12)17-14(18)10-6-4-8-16-13(10)15-2/h4-9,11H,3H2,1-2H3,(H,15,16)(H,17,18). The summed E-state index contributed by atoms with van der Waals surface area (Å²) in [5.74, 6) is 0.499. The minimum Gasteiger partial charge on any atom is -0.372 e. The average Bonchev–Trinajstić information content (AvgIpc) is 2.98. The molecule has 1 amide bonds. The van der Waals surface area contributed by atoms with Gasteiger partial charge < -0.3 is 10.6 Å². The van der Waals surface area contributed by atoms with Crippen molar-refractivity contribution < 1.29 is 4.79 Å². The lowest BCUT2D eigenvalue weighted by atomic mass is 10.1. The molecule has 0 bridgehead atoms. The third kappa shape index (κ3) is 3.12. The summed E-state index contributed by atoms with van der Waals surface area (Å²) in [7, 11) is 1.76. The molecule has 0 aliphatic carbocycles. The Kier molecular flexibility index (Phi) is 4.52. The topological polar surface area (TPSA) is 54.0 Å². The van der Waals surface area contributed by atoms with Gasteiger partial charge in [-0.15, -0.1) is 11.3 Å². The maximum Gasteiger partial charge on any atom is 0.255 e. The number of aromatic nitrogens is 1. The Hall–Kier alpha value is -1.88. The van der Waals surface area contributed by atoms with Gasteiger partial charge in [0.05, 0.1) is 11.6 Å². The van der Waals surface area contributed by atoms with Gasteiger partial charge in [-0.3, -0.25) is 4.79 Å². The largest absolute Gasteiger partial charge is 0.372 e. The molecule has 0 aliphatic heterocycles. The van der Waals surface area contributed by atoms with Crippen LogP contribution < -0.4 is 10.6 Å². The van der Waals surface area contributed by atoms with E-state index < -0.39 is 0 Å². The van der Waals surface area contributed by atoms with Gasteiger partial charge in [-0.05, 0) is 30.0 Å². The lowest BCUT2D eigenvalue weighted by Crippen LogP contribution is -2.28. The molecule has 4 nitrogen and oxygen atoms in total. The molecule has 2 rings (SSSR count). The monoisotopic (exact) mass is 275 g/mol. The molecular formula is C14H17N3OS. The molecule has 2 N–H and O–H groups in total. The van der Waals surface area contributed by atoms with Gasteiger partial charge in [0, 0.05) is 18.1 Å². The predicted octanol–water partition coefficient (Wildman–Crippen LogP) is 3.07. The zero-order chi connectivity index (χ0) is 13.7. The molecule has 2 heterocycles. The molecule has 19 heavy (non-hydrogen) atoms. The van der Waals surface area contributed by atoms with Crippen molar-refractivity contribution in [2.45, 2.75) is 19.4 Å². The summed E-state index contributed by atoms with van der Waals surface area (Å²) in [4.78, 5) is 17.6. The summed E-state index contributed by atoms with van der Waals surface area (Å²) in [6.07, 6.45) is 2.53. The number of carbonyl (C=O) groups is 1. The maximum atomic E-state index is 12.3. The molecule has 2 aromatic rings. The van der Waals surface area contributed by atoms with E-state index in [9.17, 15) is 4.79 Å². The van der Waals surface area contributed by atoms with Crippen LogP contribution >= 0.6 is 11.3 Å². The average molecular weight is 275 g/mol. The predicted molar refractivity (Wildman–Crippen MR) is 78.6 cm³/mol. The molecule has 0 saturated heterocycles. The summed E-state index contributed by atoms with van der Waals surface area (Å²) in [5, 5.41) is 8.01. The smallest absolute Gasteiger partial charge is 0.255 e. The minimum absolute atomic E-state index is 0.0532. The first-order chi connectivity index (χ1) is 9.26. The van der Waals surface area contributed by atoms with E-state index in [4.69, 9.17) is 0 Å². The summed E-state index contributed by atoms with van der Waals surface area (Å²) < 4.78 is 0. The van der Waals surface area contributed by atoms with Gasteiger partial charge in [-0.2, -0.15) is 0 Å². The highest BCUT2D eigenvalue weighted by molar-refractivity contribution is 7.10. The molecule has 5 heteroatoms. The van der Waals surface area contributed by atoms with E-state index >= 15 is 0 Å². The fourth-order valence-electron chi connectivity index (χ4n) is 1.89. The second-order valence-corrected chi connectivity index (χ2v) is 5.08. The summed E-state index contributed by atoms with van der Waals surface area (Å²) in [5.41, 5.74) is 0.569. The molecule has 100 valence electrons. The van der Waals surface area contributed by atoms with Gasteiger partial charge in [0.2, 0.25) is 0 Å². The van der Waals surface area contributed by atoms with Gasteiger partial charge in [-0.1, -0.05) is 13.0 Å². The van der Waals surface area contributed by atoms with Gasteiger partial charge >= 0.3 is 0 Å². The molecule has 2 aromatic heterocycles. The van der Waals surface area contributed by atoms with Gasteiger partial charge in [0.15, 0.2) is 0 Å². The molecule has 0 aliphatic rings. The fraction of sp³-hybridized carbons (Fsp3) is 0.286. The number of hydrogen-bond acceptors (Lipinski definition) is 4. The van der Waals surface area contributed by atoms with Crippen molar-refractivity contribution in [2.24, 2.45) is 0 Å². The molecule has 0 fully saturated rings. The SMILES string of the molecule is CCC(NC(=O)c1cccnc1NC)c1cccs1. The van der Waals surface area contributed by atoms with Crippen LogP contribution in [0.15, 0.2) is 35.8 Å². The molecule has 0 saturated carbocycles. The number of amides is 1. The van der Waals surface area contributed by atoms with E-state index in [0.717, 1.165) is 6.42 Å². The number of anilines is 1. The maximum absolute atomic E-state index is 12.3. The zero-order valence-electron chi connectivity index (χ0n) is 11.0. The van der Waals surface area contributed by atoms with E-state index in [2.05, 4.69) is 22.5 Å². The van der Waals surface area contributed by atoms with Crippen LogP contribution in [0.3, 0.4) is 0 Å². The Bertz CT molecular complexity index is 539. The normalized spacial score (nSPS) is 11.9. The van der Waals surface area contributed by atoms with Gasteiger partial charge in [0.25, 0.3) is 5.91 Å². The third-order valence-corrected chi connectivity index (χ3v) is 3.88. The van der Waals surface area contributed by atoms with E-state index in [1.165, 1.54) is 4.88 Å². The first-order valence-electron chi connectivity index (χ1n) is 6.23. The van der Waals surface area contributed by atoms with Crippen molar-refractivity contribution in [3.05, 3.63) is 46.3 Å². The molecule has 0 aromatic carbocycles. The van der Waals surface area contributed by atoms with Gasteiger partial charge in [0.1, 0.15) is 5.82 Å². The van der Waals surface area contributed by atoms with Crippen molar-refractivity contribution in [1.29, 1.82) is 0 Å². The van der Waals surface area contributed by atoms with Crippen molar-refractivity contribution in [2.75, 3.05) is 12.4 Å². The van der Waals surface area contributed by atoms with E-state index in [-0.39, 0.29) is 11.9 Å². The molecular weight excluding hydrogens is 258 g/mol. The highest BCUT2D eigenvalue weighted by atomic mass is 32.1. The quantitative estimate of drug-likeness (QED) is 0.881. The van der Waals surface area contributed by atoms with Crippen LogP contribution in [-0.4, -0.2) is 17.9 Å². The number of rotatable bonds is 5. The van der Waals surface area contributed by atoms with Crippen LogP contribution in [0.5, 0.6) is 0 Å². The number of nitrogens with one attached hydrogen (secondary N) is 2. The Morgan fingerprint density at radius 2 is 2.26 bits per heavy atom. The second-order valence-electron chi connectivity index (χ2n) is 4.10. The highest BCUT2D eigenvalue weighted by Crippen LogP contribution is 2.22. The minimum atomic E-state index is -0.0994. The van der Waals surface area contributed by atoms with E-state index in [0.29, 0.717) is 11.4 Å². The second kappa shape index (κ2) is 6.33. The molecule has 1 atom stereocenters. The Morgan fingerprint density at radius 3 is 2.89 bits per heavy atom. The molecule has 0 radical (unpaired) electrons. The van der Waals surface area contributed by atoms with Crippen LogP contribution in [0, 0.1) is 0 Å². The van der Waals surface area contributed by atoms with Crippen molar-refractivity contribution in [1.82, 2.24) is 10.3 Å². The molecule has 0 spiro atoms. The summed E-state index contributed by atoms with van der Waals surface area (Å²) >= 11 is 1.66. The fourth-order valence-corrected chi connectivity index (χ4v) is 2.75. The Balaban J connectivity index is 2.16. The first-order valence-corrected chi connectivity index (χ1v) is 7.11. The van der Waals surface area contributed by atoms with Crippen LogP contribution in [0.2, 0.25) is 0 Å². The van der Waals surface area contributed by atoms with E-state index in [1.54, 1.807) is 36.7 Å². The Morgan fingerprint density at radius 1 is 1.42 bits per heavy atom. The number of carbonyl (C=O) groups excluding carboxylic acids is 1. The highest BCUT2D eigenvalue weighted by Gasteiger charge is 2.17. The first kappa shape index (κ1) is 13.5. The van der Waals surface area contributed by atoms with Crippen molar-refractivity contribution >= 4 is 23.1 Å². The number of nitrogens with zero attached hydrogens (tertiary/aromatic N) is 1. The van der Waals surface area contributed by atoms with E-state index in [1.807, 2.05) is 17.5 Å². The number of hydrogen-bond donors (Lipinski definition) is 2. The summed E-state index contributed by atoms with van der Waals surface area (Å²) in [6, 6.07) is 7.63. The Labute approximate surface area is 116 Å². The van der Waals surface area contributed by atoms with Gasteiger partial charge in [-0.25, -0.2) is 4.98 Å². The third-order valence-electron chi connectivity index (χ3n) is 2.89. The lowest BCUT2D eigenvalue weighted by Gasteiger charge is -2.16. The zero-order valence-corrected chi connectivity index (χ0v) is 11.8. The van der Waals surface area contributed by atoms with Crippen molar-refractivity contribution in [3.8, 4) is 0 Å². The molecule has 1 unspecified atom stereocenters. The van der Waals surface area contributed by atoms with Crippen LogP contribution in [-0.2, 0) is 0 Å².